The van der Waals surface area contributed by atoms with Crippen molar-refractivity contribution >= 4 is 0 Å². The molecule has 0 fully saturated rings. The average Bonchev–Trinajstić information content (AvgIpc) is 2.41. The Morgan fingerprint density at radius 2 is 2.00 bits per heavy atom. The van der Waals surface area contributed by atoms with Gasteiger partial charge < -0.3 is 14.8 Å². The molecule has 0 aliphatic heterocycles. The van der Waals surface area contributed by atoms with E-state index < -0.39 is 0 Å². The van der Waals surface area contributed by atoms with Crippen LogP contribution in [0.5, 0.6) is 5.88 Å². The van der Waals surface area contributed by atoms with Crippen LogP contribution >= 0.6 is 0 Å². The van der Waals surface area contributed by atoms with E-state index in [1.165, 1.54) is 5.56 Å². The maximum absolute atomic E-state index is 5.52. The van der Waals surface area contributed by atoms with Crippen molar-refractivity contribution in [3.63, 3.8) is 0 Å². The van der Waals surface area contributed by atoms with Gasteiger partial charge in [-0.1, -0.05) is 13.0 Å². The fraction of sp³-hybridized carbons (Fsp3) is 0.667. The van der Waals surface area contributed by atoms with E-state index in [1.54, 1.807) is 0 Å². The fourth-order valence-corrected chi connectivity index (χ4v) is 1.64. The zero-order valence-corrected chi connectivity index (χ0v) is 12.5. The quantitative estimate of drug-likeness (QED) is 0.698. The van der Waals surface area contributed by atoms with Crippen LogP contribution in [0.1, 0.15) is 45.7 Å². The highest BCUT2D eigenvalue weighted by atomic mass is 16.5. The lowest BCUT2D eigenvalue weighted by atomic mass is 10.1. The van der Waals surface area contributed by atoms with Gasteiger partial charge in [0.25, 0.3) is 0 Å². The first-order chi connectivity index (χ1) is 9.13. The van der Waals surface area contributed by atoms with E-state index in [4.69, 9.17) is 9.47 Å². The van der Waals surface area contributed by atoms with Gasteiger partial charge in [-0.2, -0.15) is 0 Å². The van der Waals surface area contributed by atoms with E-state index in [0.29, 0.717) is 25.1 Å². The number of nitrogens with one attached hydrogen (secondary N) is 1. The minimum absolute atomic E-state index is 0.240. The molecule has 1 N–H and O–H groups in total. The Hall–Kier alpha value is -1.13. The van der Waals surface area contributed by atoms with Crippen LogP contribution in [0.15, 0.2) is 18.3 Å². The van der Waals surface area contributed by atoms with Gasteiger partial charge in [0, 0.05) is 18.3 Å². The van der Waals surface area contributed by atoms with E-state index in [2.05, 4.69) is 30.2 Å². The second-order valence-corrected chi connectivity index (χ2v) is 4.87. The third kappa shape index (κ3) is 6.55. The van der Waals surface area contributed by atoms with Crippen molar-refractivity contribution in [2.45, 2.75) is 46.3 Å². The Morgan fingerprint density at radius 3 is 2.58 bits per heavy atom. The highest BCUT2D eigenvalue weighted by molar-refractivity contribution is 5.20. The van der Waals surface area contributed by atoms with Crippen LogP contribution < -0.4 is 10.1 Å². The lowest BCUT2D eigenvalue weighted by Gasteiger charge is -2.14. The molecule has 0 saturated heterocycles. The molecule has 1 aromatic rings. The Morgan fingerprint density at radius 1 is 1.21 bits per heavy atom. The van der Waals surface area contributed by atoms with Crippen LogP contribution in [0, 0.1) is 0 Å². The van der Waals surface area contributed by atoms with Crippen molar-refractivity contribution in [2.75, 3.05) is 19.8 Å². The lowest BCUT2D eigenvalue weighted by molar-refractivity contribution is 0.0542. The number of pyridine rings is 1. The molecule has 4 nitrogen and oxygen atoms in total. The molecule has 108 valence electrons. The smallest absolute Gasteiger partial charge is 0.213 e. The average molecular weight is 266 g/mol. The van der Waals surface area contributed by atoms with E-state index in [9.17, 15) is 0 Å². The number of ether oxygens (including phenoxy) is 2. The van der Waals surface area contributed by atoms with E-state index in [-0.39, 0.29) is 6.10 Å². The van der Waals surface area contributed by atoms with Crippen LogP contribution in [0.2, 0.25) is 0 Å². The molecule has 0 radical (unpaired) electrons. The van der Waals surface area contributed by atoms with Gasteiger partial charge in [-0.3, -0.25) is 0 Å². The summed E-state index contributed by atoms with van der Waals surface area (Å²) in [6.45, 7) is 10.5. The number of hydrogen-bond donors (Lipinski definition) is 1. The maximum Gasteiger partial charge on any atom is 0.213 e. The van der Waals surface area contributed by atoms with Crippen LogP contribution in [-0.2, 0) is 4.74 Å². The molecule has 1 heterocycles. The van der Waals surface area contributed by atoms with Gasteiger partial charge in [0.2, 0.25) is 5.88 Å². The monoisotopic (exact) mass is 266 g/mol. The third-order valence-electron chi connectivity index (χ3n) is 2.74. The number of aromatic nitrogens is 1. The molecule has 1 atom stereocenters. The van der Waals surface area contributed by atoms with E-state index >= 15 is 0 Å². The summed E-state index contributed by atoms with van der Waals surface area (Å²) < 4.78 is 10.9. The van der Waals surface area contributed by atoms with Crippen molar-refractivity contribution < 1.29 is 9.47 Å². The summed E-state index contributed by atoms with van der Waals surface area (Å²) in [5.41, 5.74) is 1.18. The van der Waals surface area contributed by atoms with Gasteiger partial charge in [-0.05, 0) is 39.3 Å². The van der Waals surface area contributed by atoms with Crippen LogP contribution in [-0.4, -0.2) is 30.8 Å². The molecule has 4 heteroatoms. The first-order valence-electron chi connectivity index (χ1n) is 7.07. The summed E-state index contributed by atoms with van der Waals surface area (Å²) in [6, 6.07) is 4.29. The van der Waals surface area contributed by atoms with Crippen molar-refractivity contribution in [2.24, 2.45) is 0 Å². The molecule has 0 bridgehead atoms. The van der Waals surface area contributed by atoms with Crippen molar-refractivity contribution in [3.05, 3.63) is 23.9 Å². The molecule has 0 aliphatic carbocycles. The molecule has 1 aromatic heterocycles. The fourth-order valence-electron chi connectivity index (χ4n) is 1.64. The van der Waals surface area contributed by atoms with E-state index in [1.807, 2.05) is 26.1 Å². The SMILES string of the molecule is CCCNC(C)c1ccc(OCCOC(C)C)nc1. The molecule has 1 unspecified atom stereocenters. The predicted octanol–water partition coefficient (Wildman–Crippen LogP) is 2.95. The van der Waals surface area contributed by atoms with Crippen molar-refractivity contribution in [1.82, 2.24) is 10.3 Å². The summed E-state index contributed by atoms with van der Waals surface area (Å²) in [7, 11) is 0. The summed E-state index contributed by atoms with van der Waals surface area (Å²) in [4.78, 5) is 4.31. The molecule has 0 amide bonds. The Kier molecular flexibility index (Phi) is 7.45. The molecule has 0 aliphatic rings. The van der Waals surface area contributed by atoms with Gasteiger partial charge >= 0.3 is 0 Å². The predicted molar refractivity (Wildman–Crippen MR) is 77.5 cm³/mol. The number of nitrogens with zero attached hydrogens (tertiary/aromatic N) is 1. The number of rotatable bonds is 9. The first-order valence-corrected chi connectivity index (χ1v) is 7.07. The molecular formula is C15H26N2O2. The summed E-state index contributed by atoms with van der Waals surface area (Å²) in [5.74, 6) is 0.652. The molecular weight excluding hydrogens is 240 g/mol. The molecule has 0 saturated carbocycles. The largest absolute Gasteiger partial charge is 0.475 e. The molecule has 19 heavy (non-hydrogen) atoms. The molecule has 1 rings (SSSR count). The maximum atomic E-state index is 5.52. The van der Waals surface area contributed by atoms with Crippen LogP contribution in [0.3, 0.4) is 0 Å². The topological polar surface area (TPSA) is 43.4 Å². The Bertz CT molecular complexity index is 339. The third-order valence-corrected chi connectivity index (χ3v) is 2.74. The van der Waals surface area contributed by atoms with Crippen molar-refractivity contribution in [1.29, 1.82) is 0 Å². The number of hydrogen-bond acceptors (Lipinski definition) is 4. The van der Waals surface area contributed by atoms with Crippen molar-refractivity contribution in [3.8, 4) is 5.88 Å². The second kappa shape index (κ2) is 8.88. The standard InChI is InChI=1S/C15H26N2O2/c1-5-8-16-13(4)14-6-7-15(17-11-14)19-10-9-18-12(2)3/h6-7,11-13,16H,5,8-10H2,1-4H3. The highest BCUT2D eigenvalue weighted by Gasteiger charge is 2.05. The van der Waals surface area contributed by atoms with Gasteiger partial charge in [0.05, 0.1) is 12.7 Å². The van der Waals surface area contributed by atoms with E-state index in [0.717, 1.165) is 13.0 Å². The van der Waals surface area contributed by atoms with Crippen LogP contribution in [0.25, 0.3) is 0 Å². The Labute approximate surface area is 116 Å². The lowest BCUT2D eigenvalue weighted by Crippen LogP contribution is -2.19. The Balaban J connectivity index is 2.34. The molecule has 0 spiro atoms. The second-order valence-electron chi connectivity index (χ2n) is 4.87. The highest BCUT2D eigenvalue weighted by Crippen LogP contribution is 2.14. The van der Waals surface area contributed by atoms with Gasteiger partial charge in [-0.15, -0.1) is 0 Å². The summed E-state index contributed by atoms with van der Waals surface area (Å²) in [5, 5.41) is 3.43. The zero-order chi connectivity index (χ0) is 14.1. The minimum Gasteiger partial charge on any atom is -0.475 e. The minimum atomic E-state index is 0.240. The summed E-state index contributed by atoms with van der Waals surface area (Å²) >= 11 is 0. The zero-order valence-electron chi connectivity index (χ0n) is 12.5. The van der Waals surface area contributed by atoms with Gasteiger partial charge in [-0.25, -0.2) is 4.98 Å². The first kappa shape index (κ1) is 15.9. The van der Waals surface area contributed by atoms with Crippen LogP contribution in [0.4, 0.5) is 0 Å². The molecule has 0 aromatic carbocycles. The summed E-state index contributed by atoms with van der Waals surface area (Å²) in [6.07, 6.45) is 3.24. The van der Waals surface area contributed by atoms with Gasteiger partial charge in [0.15, 0.2) is 0 Å². The van der Waals surface area contributed by atoms with Gasteiger partial charge in [0.1, 0.15) is 6.61 Å². The normalized spacial score (nSPS) is 12.7.